The van der Waals surface area contributed by atoms with Crippen LogP contribution in [0, 0.1) is 12.7 Å². The summed E-state index contributed by atoms with van der Waals surface area (Å²) in [6.07, 6.45) is 1.73. The van der Waals surface area contributed by atoms with Crippen LogP contribution in [-0.4, -0.2) is 35.3 Å². The molecule has 0 amide bonds. The Kier molecular flexibility index (Phi) is 5.13. The van der Waals surface area contributed by atoms with Crippen LogP contribution in [0.2, 0.25) is 0 Å². The van der Waals surface area contributed by atoms with E-state index in [0.717, 1.165) is 34.4 Å². The highest BCUT2D eigenvalue weighted by Gasteiger charge is 2.19. The molecular weight excluding hydrogens is 335 g/mol. The standard InChI is InChI=1S/C15H20BrFN4/c1-10-6-11(8-12(17)7-10)14(18)15-13(16)9-19-21(15)5-4-20(2)3/h6-9,14H,4-5,18H2,1-3H3. The highest BCUT2D eigenvalue weighted by atomic mass is 79.9. The summed E-state index contributed by atoms with van der Waals surface area (Å²) >= 11 is 3.49. The van der Waals surface area contributed by atoms with E-state index in [1.807, 2.05) is 31.8 Å². The predicted octanol–water partition coefficient (Wildman–Crippen LogP) is 2.70. The van der Waals surface area contributed by atoms with Crippen LogP contribution in [0.1, 0.15) is 22.9 Å². The summed E-state index contributed by atoms with van der Waals surface area (Å²) in [6.45, 7) is 3.45. The number of nitrogens with zero attached hydrogens (tertiary/aromatic N) is 3. The van der Waals surface area contributed by atoms with Crippen molar-refractivity contribution in [1.29, 1.82) is 0 Å². The summed E-state index contributed by atoms with van der Waals surface area (Å²) in [5.41, 5.74) is 8.81. The minimum Gasteiger partial charge on any atom is -0.319 e. The second-order valence-corrected chi connectivity index (χ2v) is 6.30. The van der Waals surface area contributed by atoms with E-state index in [-0.39, 0.29) is 5.82 Å². The molecule has 0 bridgehead atoms. The molecule has 2 aromatic rings. The van der Waals surface area contributed by atoms with Crippen molar-refractivity contribution in [2.24, 2.45) is 5.73 Å². The first-order valence-electron chi connectivity index (χ1n) is 6.77. The van der Waals surface area contributed by atoms with Crippen LogP contribution in [0.3, 0.4) is 0 Å². The summed E-state index contributed by atoms with van der Waals surface area (Å²) in [4.78, 5) is 2.08. The van der Waals surface area contributed by atoms with Crippen molar-refractivity contribution >= 4 is 15.9 Å². The van der Waals surface area contributed by atoms with E-state index in [4.69, 9.17) is 5.73 Å². The number of likely N-dealkylation sites (N-methyl/N-ethyl adjacent to an activating group) is 1. The Morgan fingerprint density at radius 1 is 1.38 bits per heavy atom. The first-order chi connectivity index (χ1) is 9.88. The van der Waals surface area contributed by atoms with E-state index >= 15 is 0 Å². The van der Waals surface area contributed by atoms with Crippen LogP contribution in [0.5, 0.6) is 0 Å². The normalized spacial score (nSPS) is 12.9. The highest BCUT2D eigenvalue weighted by molar-refractivity contribution is 9.10. The molecule has 1 aromatic heterocycles. The lowest BCUT2D eigenvalue weighted by atomic mass is 10.0. The zero-order valence-corrected chi connectivity index (χ0v) is 14.1. The SMILES string of the molecule is Cc1cc(F)cc(C(N)c2c(Br)cnn2CCN(C)C)c1. The maximum atomic E-state index is 13.6. The van der Waals surface area contributed by atoms with Crippen molar-refractivity contribution in [3.05, 3.63) is 51.5 Å². The fraction of sp³-hybridized carbons (Fsp3) is 0.400. The number of rotatable bonds is 5. The molecule has 0 aliphatic rings. The molecular formula is C15H20BrFN4. The number of halogens is 2. The number of benzene rings is 1. The molecule has 21 heavy (non-hydrogen) atoms. The number of hydrogen-bond donors (Lipinski definition) is 1. The summed E-state index contributed by atoms with van der Waals surface area (Å²) in [5.74, 6) is -0.268. The summed E-state index contributed by atoms with van der Waals surface area (Å²) in [5, 5.41) is 4.35. The molecule has 0 aliphatic carbocycles. The Morgan fingerprint density at radius 3 is 2.71 bits per heavy atom. The Balaban J connectivity index is 2.33. The molecule has 2 rings (SSSR count). The van der Waals surface area contributed by atoms with Gasteiger partial charge in [0.1, 0.15) is 5.82 Å². The lowest BCUT2D eigenvalue weighted by Crippen LogP contribution is -2.23. The fourth-order valence-corrected chi connectivity index (χ4v) is 2.80. The van der Waals surface area contributed by atoms with Gasteiger partial charge in [-0.15, -0.1) is 0 Å². The third-order valence-corrected chi connectivity index (χ3v) is 3.92. The van der Waals surface area contributed by atoms with Gasteiger partial charge < -0.3 is 10.6 Å². The van der Waals surface area contributed by atoms with Crippen LogP contribution in [0.25, 0.3) is 0 Å². The summed E-state index contributed by atoms with van der Waals surface area (Å²) in [7, 11) is 4.02. The second-order valence-electron chi connectivity index (χ2n) is 5.44. The van der Waals surface area contributed by atoms with Gasteiger partial charge in [-0.2, -0.15) is 5.10 Å². The lowest BCUT2D eigenvalue weighted by Gasteiger charge is -2.17. The maximum absolute atomic E-state index is 13.6. The monoisotopic (exact) mass is 354 g/mol. The highest BCUT2D eigenvalue weighted by Crippen LogP contribution is 2.27. The Hall–Kier alpha value is -1.24. The third-order valence-electron chi connectivity index (χ3n) is 3.31. The van der Waals surface area contributed by atoms with Gasteiger partial charge in [0.05, 0.1) is 29.0 Å². The Labute approximate surface area is 132 Å². The van der Waals surface area contributed by atoms with Crippen molar-refractivity contribution in [3.63, 3.8) is 0 Å². The summed E-state index contributed by atoms with van der Waals surface area (Å²) < 4.78 is 16.3. The van der Waals surface area contributed by atoms with E-state index in [0.29, 0.717) is 0 Å². The van der Waals surface area contributed by atoms with Crippen LogP contribution < -0.4 is 5.73 Å². The van der Waals surface area contributed by atoms with Gasteiger partial charge in [-0.05, 0) is 60.2 Å². The van der Waals surface area contributed by atoms with E-state index in [1.54, 1.807) is 6.20 Å². The molecule has 1 unspecified atom stereocenters. The molecule has 4 nitrogen and oxygen atoms in total. The van der Waals surface area contributed by atoms with Crippen LogP contribution in [-0.2, 0) is 6.54 Å². The van der Waals surface area contributed by atoms with Crippen molar-refractivity contribution in [2.45, 2.75) is 19.5 Å². The topological polar surface area (TPSA) is 47.1 Å². The quantitative estimate of drug-likeness (QED) is 0.897. The van der Waals surface area contributed by atoms with Gasteiger partial charge in [-0.3, -0.25) is 4.68 Å². The molecule has 2 N–H and O–H groups in total. The van der Waals surface area contributed by atoms with E-state index in [9.17, 15) is 4.39 Å². The van der Waals surface area contributed by atoms with Gasteiger partial charge in [0.15, 0.2) is 0 Å². The van der Waals surface area contributed by atoms with Crippen molar-refractivity contribution < 1.29 is 4.39 Å². The number of aromatic nitrogens is 2. The van der Waals surface area contributed by atoms with E-state index in [2.05, 4.69) is 25.9 Å². The molecule has 6 heteroatoms. The van der Waals surface area contributed by atoms with Gasteiger partial charge in [0.2, 0.25) is 0 Å². The van der Waals surface area contributed by atoms with Gasteiger partial charge in [0, 0.05) is 6.54 Å². The lowest BCUT2D eigenvalue weighted by molar-refractivity contribution is 0.368. The van der Waals surface area contributed by atoms with Gasteiger partial charge in [0.25, 0.3) is 0 Å². The molecule has 1 heterocycles. The van der Waals surface area contributed by atoms with E-state index < -0.39 is 6.04 Å². The minimum absolute atomic E-state index is 0.268. The maximum Gasteiger partial charge on any atom is 0.123 e. The third kappa shape index (κ3) is 3.90. The largest absolute Gasteiger partial charge is 0.319 e. The zero-order chi connectivity index (χ0) is 15.6. The fourth-order valence-electron chi connectivity index (χ4n) is 2.26. The average Bonchev–Trinajstić information content (AvgIpc) is 2.75. The van der Waals surface area contributed by atoms with Crippen molar-refractivity contribution in [1.82, 2.24) is 14.7 Å². The molecule has 0 fully saturated rings. The molecule has 0 saturated carbocycles. The Morgan fingerprint density at radius 2 is 2.10 bits per heavy atom. The molecule has 1 aromatic carbocycles. The number of nitrogens with two attached hydrogens (primary N) is 1. The molecule has 0 spiro atoms. The first kappa shape index (κ1) is 16.1. The minimum atomic E-state index is -0.418. The zero-order valence-electron chi connectivity index (χ0n) is 12.5. The van der Waals surface area contributed by atoms with E-state index in [1.165, 1.54) is 12.1 Å². The Bertz CT molecular complexity index is 604. The van der Waals surface area contributed by atoms with Gasteiger partial charge >= 0.3 is 0 Å². The van der Waals surface area contributed by atoms with Crippen molar-refractivity contribution in [2.75, 3.05) is 20.6 Å². The molecule has 0 radical (unpaired) electrons. The average molecular weight is 355 g/mol. The van der Waals surface area contributed by atoms with Crippen LogP contribution >= 0.6 is 15.9 Å². The molecule has 0 aliphatic heterocycles. The summed E-state index contributed by atoms with van der Waals surface area (Å²) in [6, 6.07) is 4.46. The molecule has 1 atom stereocenters. The second kappa shape index (κ2) is 6.68. The first-order valence-corrected chi connectivity index (χ1v) is 7.56. The number of aryl methyl sites for hydroxylation is 1. The number of hydrogen-bond acceptors (Lipinski definition) is 3. The molecule has 0 saturated heterocycles. The van der Waals surface area contributed by atoms with Crippen LogP contribution in [0.15, 0.2) is 28.9 Å². The van der Waals surface area contributed by atoms with Crippen LogP contribution in [0.4, 0.5) is 4.39 Å². The van der Waals surface area contributed by atoms with Gasteiger partial charge in [-0.25, -0.2) is 4.39 Å². The smallest absolute Gasteiger partial charge is 0.123 e. The van der Waals surface area contributed by atoms with Crippen molar-refractivity contribution in [3.8, 4) is 0 Å². The molecule has 114 valence electrons. The predicted molar refractivity (Wildman–Crippen MR) is 85.6 cm³/mol. The van der Waals surface area contributed by atoms with Gasteiger partial charge in [-0.1, -0.05) is 6.07 Å².